The van der Waals surface area contributed by atoms with Crippen LogP contribution in [0.15, 0.2) is 30.5 Å². The van der Waals surface area contributed by atoms with Gasteiger partial charge in [-0.2, -0.15) is 4.98 Å². The Morgan fingerprint density at radius 1 is 1.09 bits per heavy atom. The quantitative estimate of drug-likeness (QED) is 0.411. The van der Waals surface area contributed by atoms with Crippen LogP contribution in [0.25, 0.3) is 0 Å². The molecule has 35 heavy (non-hydrogen) atoms. The minimum Gasteiger partial charge on any atom is -0.384 e. The van der Waals surface area contributed by atoms with Gasteiger partial charge in [0.15, 0.2) is 5.82 Å². The lowest BCUT2D eigenvalue weighted by Crippen LogP contribution is -2.44. The highest BCUT2D eigenvalue weighted by atomic mass is 16.1. The van der Waals surface area contributed by atoms with E-state index in [1.165, 1.54) is 32.1 Å². The van der Waals surface area contributed by atoms with Crippen molar-refractivity contribution in [1.29, 1.82) is 0 Å². The zero-order valence-corrected chi connectivity index (χ0v) is 20.9. The fourth-order valence-electron chi connectivity index (χ4n) is 5.30. The van der Waals surface area contributed by atoms with Gasteiger partial charge < -0.3 is 25.6 Å². The molecule has 1 aromatic heterocycles. The molecule has 2 aromatic rings. The first-order valence-corrected chi connectivity index (χ1v) is 13.1. The van der Waals surface area contributed by atoms with Gasteiger partial charge in [0, 0.05) is 30.4 Å². The summed E-state index contributed by atoms with van der Waals surface area (Å²) in [6.45, 7) is 2.03. The molecule has 8 heteroatoms. The van der Waals surface area contributed by atoms with Crippen LogP contribution in [0.5, 0.6) is 0 Å². The minimum absolute atomic E-state index is 0.0213. The summed E-state index contributed by atoms with van der Waals surface area (Å²) in [7, 11) is 1.85. The van der Waals surface area contributed by atoms with E-state index < -0.39 is 0 Å². The number of rotatable bonds is 10. The van der Waals surface area contributed by atoms with Gasteiger partial charge in [0.25, 0.3) is 5.91 Å². The molecule has 1 atom stereocenters. The molecule has 1 heterocycles. The average Bonchev–Trinajstić information content (AvgIpc) is 3.42. The van der Waals surface area contributed by atoms with Gasteiger partial charge in [-0.1, -0.05) is 39.0 Å². The number of nitrogens with zero attached hydrogens (tertiary/aromatic N) is 3. The third kappa shape index (κ3) is 6.10. The van der Waals surface area contributed by atoms with Crippen LogP contribution < -0.4 is 20.9 Å². The molecule has 0 radical (unpaired) electrons. The van der Waals surface area contributed by atoms with Crippen LogP contribution >= 0.6 is 0 Å². The summed E-state index contributed by atoms with van der Waals surface area (Å²) in [6.07, 6.45) is 13.7. The van der Waals surface area contributed by atoms with E-state index in [-0.39, 0.29) is 18.0 Å². The predicted molar refractivity (Wildman–Crippen MR) is 141 cm³/mol. The predicted octanol–water partition coefficient (Wildman–Crippen LogP) is 5.05. The third-order valence-corrected chi connectivity index (χ3v) is 7.28. The summed E-state index contributed by atoms with van der Waals surface area (Å²) in [6, 6.07) is 7.76. The van der Waals surface area contributed by atoms with Crippen molar-refractivity contribution >= 4 is 35.3 Å². The smallest absolute Gasteiger partial charge is 0.251 e. The first-order chi connectivity index (χ1) is 17.1. The van der Waals surface area contributed by atoms with Crippen LogP contribution in [0.3, 0.4) is 0 Å². The maximum Gasteiger partial charge on any atom is 0.251 e. The standard InChI is InChI=1S/C27H38N6O2/c1-3-22(18-34)33(23-11-7-8-12-23)25-24(28-2)17-29-27(32-25)31-21-15-13-19(14-16-21)26(35)30-20-9-5-4-6-10-20/h13-18,20,22-23,28H,3-12H2,1-2H3,(H,30,35)(H,29,31,32). The third-order valence-electron chi connectivity index (χ3n) is 7.28. The van der Waals surface area contributed by atoms with E-state index in [1.807, 2.05) is 38.2 Å². The fourth-order valence-corrected chi connectivity index (χ4v) is 5.30. The monoisotopic (exact) mass is 478 g/mol. The number of aromatic nitrogens is 2. The van der Waals surface area contributed by atoms with Crippen LogP contribution in [-0.4, -0.2) is 47.3 Å². The average molecular weight is 479 g/mol. The maximum atomic E-state index is 12.6. The van der Waals surface area contributed by atoms with Crippen molar-refractivity contribution in [2.75, 3.05) is 22.6 Å². The van der Waals surface area contributed by atoms with Crippen molar-refractivity contribution in [2.24, 2.45) is 0 Å². The van der Waals surface area contributed by atoms with E-state index in [0.29, 0.717) is 17.6 Å². The topological polar surface area (TPSA) is 99.2 Å². The Labute approximate surface area is 208 Å². The molecule has 0 saturated heterocycles. The number of aldehydes is 1. The molecule has 8 nitrogen and oxygen atoms in total. The molecule has 2 fully saturated rings. The first-order valence-electron chi connectivity index (χ1n) is 13.1. The molecular weight excluding hydrogens is 440 g/mol. The molecule has 0 spiro atoms. The molecule has 0 aliphatic heterocycles. The first kappa shape index (κ1) is 24.9. The number of hydrogen-bond donors (Lipinski definition) is 3. The molecule has 2 saturated carbocycles. The van der Waals surface area contributed by atoms with Crippen LogP contribution in [-0.2, 0) is 4.79 Å². The van der Waals surface area contributed by atoms with Crippen molar-refractivity contribution in [3.8, 4) is 0 Å². The van der Waals surface area contributed by atoms with E-state index in [4.69, 9.17) is 4.98 Å². The van der Waals surface area contributed by atoms with Crippen LogP contribution in [0.2, 0.25) is 0 Å². The van der Waals surface area contributed by atoms with Gasteiger partial charge in [0.05, 0.1) is 17.9 Å². The van der Waals surface area contributed by atoms with E-state index in [0.717, 1.165) is 55.6 Å². The summed E-state index contributed by atoms with van der Waals surface area (Å²) in [5.74, 6) is 1.19. The van der Waals surface area contributed by atoms with Crippen molar-refractivity contribution < 1.29 is 9.59 Å². The molecule has 1 aromatic carbocycles. The van der Waals surface area contributed by atoms with Gasteiger partial charge in [-0.25, -0.2) is 4.98 Å². The lowest BCUT2D eigenvalue weighted by atomic mass is 9.95. The van der Waals surface area contributed by atoms with E-state index >= 15 is 0 Å². The largest absolute Gasteiger partial charge is 0.384 e. The normalized spacial score (nSPS) is 17.5. The van der Waals surface area contributed by atoms with Crippen molar-refractivity contribution in [1.82, 2.24) is 15.3 Å². The zero-order chi connectivity index (χ0) is 24.6. The number of hydrogen-bond acceptors (Lipinski definition) is 7. The number of carbonyl (C=O) groups excluding carboxylic acids is 2. The summed E-state index contributed by atoms with van der Waals surface area (Å²) in [5, 5.41) is 9.62. The summed E-state index contributed by atoms with van der Waals surface area (Å²) < 4.78 is 0. The molecule has 188 valence electrons. The van der Waals surface area contributed by atoms with Gasteiger partial charge in [0.1, 0.15) is 6.29 Å². The van der Waals surface area contributed by atoms with Gasteiger partial charge in [-0.05, 0) is 56.4 Å². The van der Waals surface area contributed by atoms with Crippen molar-refractivity contribution in [3.63, 3.8) is 0 Å². The minimum atomic E-state index is -0.227. The SMILES string of the molecule is CCC(C=O)N(c1nc(Nc2ccc(C(=O)NC3CCCCC3)cc2)ncc1NC)C1CCCC1. The highest BCUT2D eigenvalue weighted by Gasteiger charge is 2.31. The number of anilines is 4. The molecule has 3 N–H and O–H groups in total. The van der Waals surface area contributed by atoms with Crippen molar-refractivity contribution in [3.05, 3.63) is 36.0 Å². The van der Waals surface area contributed by atoms with Gasteiger partial charge in [-0.15, -0.1) is 0 Å². The second kappa shape index (κ2) is 12.0. The molecule has 1 unspecified atom stereocenters. The Hall–Kier alpha value is -3.16. The lowest BCUT2D eigenvalue weighted by molar-refractivity contribution is -0.109. The van der Waals surface area contributed by atoms with Crippen LogP contribution in [0, 0.1) is 0 Å². The zero-order valence-electron chi connectivity index (χ0n) is 20.9. The summed E-state index contributed by atoms with van der Waals surface area (Å²) in [4.78, 5) is 36.1. The van der Waals surface area contributed by atoms with Gasteiger partial charge >= 0.3 is 0 Å². The van der Waals surface area contributed by atoms with E-state index in [9.17, 15) is 9.59 Å². The Balaban J connectivity index is 1.50. The molecule has 1 amide bonds. The second-order valence-corrected chi connectivity index (χ2v) is 9.65. The second-order valence-electron chi connectivity index (χ2n) is 9.65. The van der Waals surface area contributed by atoms with Crippen LogP contribution in [0.4, 0.5) is 23.1 Å². The number of benzene rings is 1. The molecule has 0 bridgehead atoms. The molecule has 4 rings (SSSR count). The molecule has 2 aliphatic carbocycles. The van der Waals surface area contributed by atoms with E-state index in [2.05, 4.69) is 25.8 Å². The Morgan fingerprint density at radius 2 is 1.77 bits per heavy atom. The molecular formula is C27H38N6O2. The van der Waals surface area contributed by atoms with Crippen molar-refractivity contribution in [2.45, 2.75) is 89.3 Å². The fraction of sp³-hybridized carbons (Fsp3) is 0.556. The highest BCUT2D eigenvalue weighted by molar-refractivity contribution is 5.94. The lowest BCUT2D eigenvalue weighted by Gasteiger charge is -2.35. The maximum absolute atomic E-state index is 12.6. The molecule has 2 aliphatic rings. The Kier molecular flexibility index (Phi) is 8.55. The number of carbonyl (C=O) groups is 2. The Morgan fingerprint density at radius 3 is 2.40 bits per heavy atom. The number of nitrogens with one attached hydrogen (secondary N) is 3. The summed E-state index contributed by atoms with van der Waals surface area (Å²) >= 11 is 0. The highest BCUT2D eigenvalue weighted by Crippen LogP contribution is 2.34. The Bertz CT molecular complexity index is 984. The number of amides is 1. The summed E-state index contributed by atoms with van der Waals surface area (Å²) in [5.41, 5.74) is 2.26. The van der Waals surface area contributed by atoms with E-state index in [1.54, 1.807) is 6.20 Å². The van der Waals surface area contributed by atoms with Gasteiger partial charge in [0.2, 0.25) is 5.95 Å². The van der Waals surface area contributed by atoms with Gasteiger partial charge in [-0.3, -0.25) is 4.79 Å². The van der Waals surface area contributed by atoms with Crippen LogP contribution in [0.1, 0.15) is 81.5 Å².